The summed E-state index contributed by atoms with van der Waals surface area (Å²) in [5, 5.41) is 0. The SMILES string of the molecule is CCC(CCc1cc(C)c(S(=O)(=O)O)s1)c1ccc(OCC(=O)C(C)(C)C)c(C)c1. The van der Waals surface area contributed by atoms with E-state index in [1.54, 1.807) is 6.92 Å². The predicted octanol–water partition coefficient (Wildman–Crippen LogP) is 5.73. The second kappa shape index (κ2) is 9.62. The van der Waals surface area contributed by atoms with Crippen molar-refractivity contribution in [3.63, 3.8) is 0 Å². The molecule has 0 spiro atoms. The van der Waals surface area contributed by atoms with Crippen molar-refractivity contribution in [2.75, 3.05) is 6.61 Å². The van der Waals surface area contributed by atoms with E-state index in [0.29, 0.717) is 11.5 Å². The molecule has 1 heterocycles. The molecule has 0 bridgehead atoms. The van der Waals surface area contributed by atoms with E-state index in [2.05, 4.69) is 13.0 Å². The molecule has 166 valence electrons. The Morgan fingerprint density at radius 2 is 1.83 bits per heavy atom. The largest absolute Gasteiger partial charge is 0.486 e. The van der Waals surface area contributed by atoms with Gasteiger partial charge in [0.2, 0.25) is 0 Å². The number of carbonyl (C=O) groups is 1. The number of thiophene rings is 1. The Bertz CT molecular complexity index is 997. The first kappa shape index (κ1) is 24.6. The molecule has 0 saturated heterocycles. The third kappa shape index (κ3) is 6.40. The van der Waals surface area contributed by atoms with E-state index >= 15 is 0 Å². The van der Waals surface area contributed by atoms with Crippen molar-refractivity contribution in [3.8, 4) is 5.75 Å². The minimum atomic E-state index is -4.16. The van der Waals surface area contributed by atoms with E-state index < -0.39 is 15.5 Å². The Kier molecular flexibility index (Phi) is 7.88. The first-order valence-corrected chi connectivity index (χ1v) is 12.4. The van der Waals surface area contributed by atoms with E-state index in [-0.39, 0.29) is 16.6 Å². The molecule has 1 unspecified atom stereocenters. The Balaban J connectivity index is 2.07. The second-order valence-corrected chi connectivity index (χ2v) is 11.5. The lowest BCUT2D eigenvalue weighted by Crippen LogP contribution is -2.26. The van der Waals surface area contributed by atoms with Crippen molar-refractivity contribution in [3.05, 3.63) is 45.8 Å². The van der Waals surface area contributed by atoms with Crippen LogP contribution >= 0.6 is 11.3 Å². The zero-order chi connectivity index (χ0) is 22.7. The number of carbonyl (C=O) groups excluding carboxylic acids is 1. The van der Waals surface area contributed by atoms with Crippen LogP contribution in [-0.2, 0) is 21.3 Å². The Labute approximate surface area is 184 Å². The van der Waals surface area contributed by atoms with Gasteiger partial charge in [-0.05, 0) is 67.9 Å². The number of ketones is 1. The molecule has 1 aromatic carbocycles. The third-order valence-corrected chi connectivity index (χ3v) is 8.02. The number of ether oxygens (including phenoxy) is 1. The van der Waals surface area contributed by atoms with Gasteiger partial charge in [0.15, 0.2) is 5.78 Å². The lowest BCUT2D eigenvalue weighted by molar-refractivity contribution is -0.128. The minimum Gasteiger partial charge on any atom is -0.486 e. The topological polar surface area (TPSA) is 80.7 Å². The summed E-state index contributed by atoms with van der Waals surface area (Å²) in [6.07, 6.45) is 2.58. The van der Waals surface area contributed by atoms with Crippen molar-refractivity contribution in [2.45, 2.75) is 70.9 Å². The van der Waals surface area contributed by atoms with Crippen molar-refractivity contribution >= 4 is 27.2 Å². The molecular formula is C23H32O5S2. The standard InChI is InChI=1S/C23H32O5S2/c1-7-17(8-10-19-13-16(3)22(29-19)30(25,26)27)18-9-11-20(15(2)12-18)28-14-21(24)23(4,5)6/h9,11-13,17H,7-8,10,14H2,1-6H3,(H,25,26,27). The number of hydrogen-bond acceptors (Lipinski definition) is 5. The summed E-state index contributed by atoms with van der Waals surface area (Å²) < 4.78 is 38.0. The Morgan fingerprint density at radius 3 is 2.33 bits per heavy atom. The average Bonchev–Trinajstić information content (AvgIpc) is 3.01. The van der Waals surface area contributed by atoms with E-state index in [4.69, 9.17) is 4.74 Å². The molecule has 0 amide bonds. The molecule has 1 N–H and O–H groups in total. The molecule has 0 radical (unpaired) electrons. The zero-order valence-electron chi connectivity index (χ0n) is 18.6. The fraction of sp³-hybridized carbons (Fsp3) is 0.522. The van der Waals surface area contributed by atoms with Crippen LogP contribution in [0.2, 0.25) is 0 Å². The van der Waals surface area contributed by atoms with Crippen molar-refractivity contribution in [2.24, 2.45) is 5.41 Å². The molecule has 1 atom stereocenters. The zero-order valence-corrected chi connectivity index (χ0v) is 20.2. The van der Waals surface area contributed by atoms with Crippen LogP contribution in [0.1, 0.15) is 68.0 Å². The summed E-state index contributed by atoms with van der Waals surface area (Å²) in [4.78, 5) is 13.1. The molecule has 2 rings (SSSR count). The summed E-state index contributed by atoms with van der Waals surface area (Å²) in [5.74, 6) is 1.11. The van der Waals surface area contributed by atoms with E-state index in [0.717, 1.165) is 46.8 Å². The van der Waals surface area contributed by atoms with Crippen LogP contribution in [0.3, 0.4) is 0 Å². The quantitative estimate of drug-likeness (QED) is 0.491. The maximum Gasteiger partial charge on any atom is 0.304 e. The summed E-state index contributed by atoms with van der Waals surface area (Å²) >= 11 is 1.14. The fourth-order valence-corrected chi connectivity index (χ4v) is 5.40. The summed E-state index contributed by atoms with van der Waals surface area (Å²) in [6.45, 7) is 11.5. The van der Waals surface area contributed by atoms with Crippen molar-refractivity contribution in [1.82, 2.24) is 0 Å². The summed E-state index contributed by atoms with van der Waals surface area (Å²) in [5.41, 5.74) is 2.37. The molecule has 0 aliphatic heterocycles. The van der Waals surface area contributed by atoms with Gasteiger partial charge in [0, 0.05) is 10.3 Å². The van der Waals surface area contributed by atoms with Gasteiger partial charge in [-0.25, -0.2) is 0 Å². The first-order valence-electron chi connectivity index (χ1n) is 10.2. The van der Waals surface area contributed by atoms with Crippen molar-refractivity contribution < 1.29 is 22.5 Å². The van der Waals surface area contributed by atoms with Gasteiger partial charge >= 0.3 is 10.1 Å². The molecule has 0 aliphatic rings. The lowest BCUT2D eigenvalue weighted by atomic mass is 9.90. The normalized spacial score (nSPS) is 13.3. The number of rotatable bonds is 9. The molecule has 5 nitrogen and oxygen atoms in total. The average molecular weight is 453 g/mol. The molecule has 1 aromatic heterocycles. The van der Waals surface area contributed by atoms with E-state index in [1.165, 1.54) is 5.56 Å². The maximum absolute atomic E-state index is 12.1. The molecule has 0 saturated carbocycles. The minimum absolute atomic E-state index is 0.0349. The van der Waals surface area contributed by atoms with Crippen LogP contribution in [0.15, 0.2) is 28.5 Å². The molecule has 0 fully saturated rings. The highest BCUT2D eigenvalue weighted by Gasteiger charge is 2.22. The predicted molar refractivity (Wildman–Crippen MR) is 121 cm³/mol. The molecule has 2 aromatic rings. The lowest BCUT2D eigenvalue weighted by Gasteiger charge is -2.19. The first-order chi connectivity index (χ1) is 13.8. The van der Waals surface area contributed by atoms with Crippen LogP contribution in [0.4, 0.5) is 0 Å². The van der Waals surface area contributed by atoms with Gasteiger partial charge in [-0.1, -0.05) is 39.8 Å². The maximum atomic E-state index is 12.1. The van der Waals surface area contributed by atoms with Gasteiger partial charge < -0.3 is 4.74 Å². The van der Waals surface area contributed by atoms with Crippen LogP contribution < -0.4 is 4.74 Å². The number of aryl methyl sites for hydroxylation is 3. The number of hydrogen-bond donors (Lipinski definition) is 1. The third-order valence-electron chi connectivity index (χ3n) is 5.26. The highest BCUT2D eigenvalue weighted by Crippen LogP contribution is 2.32. The number of Topliss-reactive ketones (excluding diaryl/α,β-unsaturated/α-hetero) is 1. The molecule has 7 heteroatoms. The summed E-state index contributed by atoms with van der Waals surface area (Å²) in [6, 6.07) is 7.92. The van der Waals surface area contributed by atoms with E-state index in [9.17, 15) is 17.8 Å². The Morgan fingerprint density at radius 1 is 1.17 bits per heavy atom. The van der Waals surface area contributed by atoms with Gasteiger partial charge in [-0.15, -0.1) is 11.3 Å². The van der Waals surface area contributed by atoms with Gasteiger partial charge in [0.05, 0.1) is 0 Å². The van der Waals surface area contributed by atoms with Gasteiger partial charge in [-0.2, -0.15) is 8.42 Å². The molecule has 0 aliphatic carbocycles. The number of benzene rings is 1. The highest BCUT2D eigenvalue weighted by molar-refractivity contribution is 7.88. The molecule has 30 heavy (non-hydrogen) atoms. The van der Waals surface area contributed by atoms with Crippen LogP contribution in [0, 0.1) is 19.3 Å². The Hall–Kier alpha value is -1.70. The second-order valence-electron chi connectivity index (χ2n) is 8.79. The monoisotopic (exact) mass is 452 g/mol. The summed E-state index contributed by atoms with van der Waals surface area (Å²) in [7, 11) is -4.16. The van der Waals surface area contributed by atoms with Crippen LogP contribution in [-0.4, -0.2) is 25.4 Å². The molecular weight excluding hydrogens is 420 g/mol. The smallest absolute Gasteiger partial charge is 0.304 e. The van der Waals surface area contributed by atoms with Gasteiger partial charge in [0.25, 0.3) is 0 Å². The van der Waals surface area contributed by atoms with Gasteiger partial charge in [0.1, 0.15) is 16.6 Å². The van der Waals surface area contributed by atoms with Crippen molar-refractivity contribution in [1.29, 1.82) is 0 Å². The van der Waals surface area contributed by atoms with Crippen LogP contribution in [0.5, 0.6) is 5.75 Å². The van der Waals surface area contributed by atoms with E-state index in [1.807, 2.05) is 45.9 Å². The van der Waals surface area contributed by atoms with Gasteiger partial charge in [-0.3, -0.25) is 9.35 Å². The highest BCUT2D eigenvalue weighted by atomic mass is 32.3. The van der Waals surface area contributed by atoms with Crippen LogP contribution in [0.25, 0.3) is 0 Å². The fourth-order valence-electron chi connectivity index (χ4n) is 3.28.